The van der Waals surface area contributed by atoms with Crippen molar-refractivity contribution in [1.29, 1.82) is 0 Å². The highest BCUT2D eigenvalue weighted by Gasteiger charge is 2.14. The smallest absolute Gasteiger partial charge is 0.251 e. The molecule has 2 rings (SSSR count). The molecule has 114 valence electrons. The molecule has 2 aromatic carbocycles. The summed E-state index contributed by atoms with van der Waals surface area (Å²) < 4.78 is 0. The standard InChI is InChI=1S/C16H12Cl3NO2/c17-12-3-1-10(2-4-12)5-15(9-21)20-16(22)11-6-13(18)8-14(19)7-11/h1-4,6-9,15H,5H2,(H,20,22). The summed E-state index contributed by atoms with van der Waals surface area (Å²) in [6.45, 7) is 0. The summed E-state index contributed by atoms with van der Waals surface area (Å²) in [5.74, 6) is -0.407. The van der Waals surface area contributed by atoms with Gasteiger partial charge in [0.15, 0.2) is 0 Å². The minimum Gasteiger partial charge on any atom is -0.342 e. The second-order valence-corrected chi connectivity index (χ2v) is 6.01. The Morgan fingerprint density at radius 1 is 1.00 bits per heavy atom. The summed E-state index contributed by atoms with van der Waals surface area (Å²) in [6.07, 6.45) is 1.07. The second-order valence-electron chi connectivity index (χ2n) is 4.70. The van der Waals surface area contributed by atoms with Crippen LogP contribution < -0.4 is 5.32 Å². The highest BCUT2D eigenvalue weighted by molar-refractivity contribution is 6.35. The molecule has 0 aromatic heterocycles. The van der Waals surface area contributed by atoms with Gasteiger partial charge in [-0.25, -0.2) is 0 Å². The topological polar surface area (TPSA) is 46.2 Å². The van der Waals surface area contributed by atoms with Crippen molar-refractivity contribution in [3.63, 3.8) is 0 Å². The minimum atomic E-state index is -0.647. The number of amides is 1. The maximum Gasteiger partial charge on any atom is 0.251 e. The first-order valence-corrected chi connectivity index (χ1v) is 7.58. The molecule has 0 saturated heterocycles. The van der Waals surface area contributed by atoms with Crippen LogP contribution in [0, 0.1) is 0 Å². The van der Waals surface area contributed by atoms with Gasteiger partial charge in [-0.1, -0.05) is 46.9 Å². The molecule has 0 fully saturated rings. The molecule has 0 heterocycles. The fourth-order valence-electron chi connectivity index (χ4n) is 1.94. The van der Waals surface area contributed by atoms with E-state index in [1.165, 1.54) is 18.2 Å². The SMILES string of the molecule is O=CC(Cc1ccc(Cl)cc1)NC(=O)c1cc(Cl)cc(Cl)c1. The van der Waals surface area contributed by atoms with E-state index in [1.807, 2.05) is 0 Å². The zero-order chi connectivity index (χ0) is 16.1. The van der Waals surface area contributed by atoms with Gasteiger partial charge in [-0.3, -0.25) is 4.79 Å². The lowest BCUT2D eigenvalue weighted by atomic mass is 10.1. The highest BCUT2D eigenvalue weighted by Crippen LogP contribution is 2.19. The van der Waals surface area contributed by atoms with Crippen LogP contribution in [0.4, 0.5) is 0 Å². The molecular weight excluding hydrogens is 345 g/mol. The minimum absolute atomic E-state index is 0.306. The molecule has 6 heteroatoms. The molecule has 0 aliphatic rings. The molecule has 0 aliphatic heterocycles. The number of hydrogen-bond donors (Lipinski definition) is 1. The maximum absolute atomic E-state index is 12.2. The van der Waals surface area contributed by atoms with Crippen LogP contribution in [0.1, 0.15) is 15.9 Å². The highest BCUT2D eigenvalue weighted by atomic mass is 35.5. The zero-order valence-electron chi connectivity index (χ0n) is 11.4. The lowest BCUT2D eigenvalue weighted by Crippen LogP contribution is -2.37. The molecule has 0 aliphatic carbocycles. The summed E-state index contributed by atoms with van der Waals surface area (Å²) in [6, 6.07) is 11.0. The maximum atomic E-state index is 12.2. The Balaban J connectivity index is 2.07. The lowest BCUT2D eigenvalue weighted by molar-refractivity contribution is -0.109. The number of halogens is 3. The Morgan fingerprint density at radius 3 is 2.14 bits per heavy atom. The van der Waals surface area contributed by atoms with Crippen molar-refractivity contribution in [2.24, 2.45) is 0 Å². The van der Waals surface area contributed by atoms with E-state index in [1.54, 1.807) is 24.3 Å². The first kappa shape index (κ1) is 16.8. The van der Waals surface area contributed by atoms with Gasteiger partial charge >= 0.3 is 0 Å². The largest absolute Gasteiger partial charge is 0.342 e. The fraction of sp³-hybridized carbons (Fsp3) is 0.125. The first-order chi connectivity index (χ1) is 10.5. The van der Waals surface area contributed by atoms with Crippen molar-refractivity contribution in [2.45, 2.75) is 12.5 Å². The molecule has 3 nitrogen and oxygen atoms in total. The van der Waals surface area contributed by atoms with Gasteiger partial charge in [0.25, 0.3) is 5.91 Å². The zero-order valence-corrected chi connectivity index (χ0v) is 13.6. The molecule has 1 atom stereocenters. The van der Waals surface area contributed by atoms with Crippen LogP contribution in [-0.4, -0.2) is 18.2 Å². The van der Waals surface area contributed by atoms with Crippen LogP contribution in [0.3, 0.4) is 0 Å². The molecule has 1 amide bonds. The molecule has 0 bridgehead atoms. The third kappa shape index (κ3) is 4.73. The Kier molecular flexibility index (Phi) is 5.83. The van der Waals surface area contributed by atoms with Crippen LogP contribution in [0.2, 0.25) is 15.1 Å². The average molecular weight is 357 g/mol. The molecule has 1 N–H and O–H groups in total. The lowest BCUT2D eigenvalue weighted by Gasteiger charge is -2.13. The summed E-state index contributed by atoms with van der Waals surface area (Å²) in [5.41, 5.74) is 1.20. The van der Waals surface area contributed by atoms with Crippen LogP contribution in [0.25, 0.3) is 0 Å². The number of hydrogen-bond acceptors (Lipinski definition) is 2. The Bertz CT molecular complexity index is 666. The van der Waals surface area contributed by atoms with Gasteiger partial charge in [-0.05, 0) is 42.3 Å². The molecule has 0 saturated carbocycles. The van der Waals surface area contributed by atoms with Gasteiger partial charge in [0.1, 0.15) is 6.29 Å². The third-order valence-electron chi connectivity index (χ3n) is 2.97. The monoisotopic (exact) mass is 355 g/mol. The van der Waals surface area contributed by atoms with E-state index in [0.29, 0.717) is 33.3 Å². The normalized spacial score (nSPS) is 11.8. The van der Waals surface area contributed by atoms with Gasteiger partial charge in [-0.2, -0.15) is 0 Å². The quantitative estimate of drug-likeness (QED) is 0.817. The third-order valence-corrected chi connectivity index (χ3v) is 3.66. The summed E-state index contributed by atoms with van der Waals surface area (Å²) >= 11 is 17.5. The Morgan fingerprint density at radius 2 is 1.59 bits per heavy atom. The predicted octanol–water partition coefficient (Wildman–Crippen LogP) is 4.19. The second kappa shape index (κ2) is 7.63. The van der Waals surface area contributed by atoms with E-state index in [0.717, 1.165) is 5.56 Å². The number of benzene rings is 2. The fourth-order valence-corrected chi connectivity index (χ4v) is 2.60. The Hall–Kier alpha value is -1.55. The number of aldehydes is 1. The van der Waals surface area contributed by atoms with Gasteiger partial charge in [0, 0.05) is 20.6 Å². The van der Waals surface area contributed by atoms with E-state index in [2.05, 4.69) is 5.32 Å². The summed E-state index contributed by atoms with van der Waals surface area (Å²) in [5, 5.41) is 3.98. The van der Waals surface area contributed by atoms with Crippen LogP contribution in [0.15, 0.2) is 42.5 Å². The van der Waals surface area contributed by atoms with Crippen LogP contribution in [-0.2, 0) is 11.2 Å². The predicted molar refractivity (Wildman–Crippen MR) is 88.9 cm³/mol. The van der Waals surface area contributed by atoms with E-state index in [-0.39, 0.29) is 0 Å². The number of carbonyl (C=O) groups is 2. The van der Waals surface area contributed by atoms with Crippen molar-refractivity contribution < 1.29 is 9.59 Å². The van der Waals surface area contributed by atoms with Crippen molar-refractivity contribution in [1.82, 2.24) is 5.32 Å². The van der Waals surface area contributed by atoms with Crippen molar-refractivity contribution in [3.05, 3.63) is 68.7 Å². The van der Waals surface area contributed by atoms with Crippen LogP contribution in [0.5, 0.6) is 0 Å². The van der Waals surface area contributed by atoms with Gasteiger partial charge < -0.3 is 10.1 Å². The van der Waals surface area contributed by atoms with Crippen molar-refractivity contribution in [2.75, 3.05) is 0 Å². The number of nitrogens with one attached hydrogen (secondary N) is 1. The molecule has 0 radical (unpaired) electrons. The van der Waals surface area contributed by atoms with E-state index < -0.39 is 11.9 Å². The molecule has 22 heavy (non-hydrogen) atoms. The van der Waals surface area contributed by atoms with E-state index in [4.69, 9.17) is 34.8 Å². The summed E-state index contributed by atoms with van der Waals surface area (Å²) in [7, 11) is 0. The van der Waals surface area contributed by atoms with Crippen molar-refractivity contribution in [3.8, 4) is 0 Å². The Labute approximate surface area is 143 Å². The van der Waals surface area contributed by atoms with Gasteiger partial charge in [0.2, 0.25) is 0 Å². The van der Waals surface area contributed by atoms with Gasteiger partial charge in [-0.15, -0.1) is 0 Å². The van der Waals surface area contributed by atoms with Gasteiger partial charge in [0.05, 0.1) is 6.04 Å². The van der Waals surface area contributed by atoms with Crippen molar-refractivity contribution >= 4 is 47.0 Å². The molecule has 0 spiro atoms. The molecular formula is C16H12Cl3NO2. The van der Waals surface area contributed by atoms with E-state index in [9.17, 15) is 9.59 Å². The van der Waals surface area contributed by atoms with E-state index >= 15 is 0 Å². The number of carbonyl (C=O) groups excluding carboxylic acids is 2. The first-order valence-electron chi connectivity index (χ1n) is 6.44. The van der Waals surface area contributed by atoms with Crippen LogP contribution >= 0.6 is 34.8 Å². The number of rotatable bonds is 5. The molecule has 2 aromatic rings. The average Bonchev–Trinajstić information content (AvgIpc) is 2.47. The molecule has 1 unspecified atom stereocenters. The summed E-state index contributed by atoms with van der Waals surface area (Å²) in [4.78, 5) is 23.3.